The van der Waals surface area contributed by atoms with Crippen LogP contribution in [0.15, 0.2) is 28.7 Å². The van der Waals surface area contributed by atoms with E-state index in [1.165, 1.54) is 51.1 Å². The standard InChI is InChI=1S/C14H19BrN2/c15-12-1-3-13(4-2-12)17-10-7-14(11-17)5-8-16-9-6-14/h1-4,16H,5-11H2. The average molecular weight is 295 g/mol. The Labute approximate surface area is 112 Å². The van der Waals surface area contributed by atoms with E-state index in [9.17, 15) is 0 Å². The average Bonchev–Trinajstić information content (AvgIpc) is 2.75. The highest BCUT2D eigenvalue weighted by atomic mass is 79.9. The van der Waals surface area contributed by atoms with Gasteiger partial charge in [-0.2, -0.15) is 0 Å². The van der Waals surface area contributed by atoms with Gasteiger partial charge in [0, 0.05) is 23.2 Å². The Morgan fingerprint density at radius 2 is 1.76 bits per heavy atom. The number of piperidine rings is 1. The summed E-state index contributed by atoms with van der Waals surface area (Å²) in [4.78, 5) is 2.55. The Hall–Kier alpha value is -0.540. The molecule has 0 radical (unpaired) electrons. The first-order valence-corrected chi connectivity index (χ1v) is 7.28. The lowest BCUT2D eigenvalue weighted by Crippen LogP contribution is -2.38. The Morgan fingerprint density at radius 3 is 2.47 bits per heavy atom. The quantitative estimate of drug-likeness (QED) is 0.856. The molecule has 1 N–H and O–H groups in total. The molecular formula is C14H19BrN2. The Bertz CT molecular complexity index is 382. The molecule has 0 amide bonds. The van der Waals surface area contributed by atoms with Gasteiger partial charge in [-0.05, 0) is 62.0 Å². The summed E-state index contributed by atoms with van der Waals surface area (Å²) in [7, 11) is 0. The Morgan fingerprint density at radius 1 is 1.06 bits per heavy atom. The van der Waals surface area contributed by atoms with E-state index in [0.717, 1.165) is 4.47 Å². The van der Waals surface area contributed by atoms with Crippen molar-refractivity contribution in [1.82, 2.24) is 5.32 Å². The molecule has 1 spiro atoms. The minimum atomic E-state index is 0.596. The van der Waals surface area contributed by atoms with Crippen LogP contribution in [0.3, 0.4) is 0 Å². The molecule has 2 saturated heterocycles. The van der Waals surface area contributed by atoms with Crippen LogP contribution in [0, 0.1) is 5.41 Å². The van der Waals surface area contributed by atoms with E-state index in [1.807, 2.05) is 0 Å². The number of nitrogens with zero attached hydrogens (tertiary/aromatic N) is 1. The highest BCUT2D eigenvalue weighted by Gasteiger charge is 2.38. The van der Waals surface area contributed by atoms with Crippen molar-refractivity contribution in [3.8, 4) is 0 Å². The van der Waals surface area contributed by atoms with Gasteiger partial charge in [0.2, 0.25) is 0 Å². The number of halogens is 1. The summed E-state index contributed by atoms with van der Waals surface area (Å²) < 4.78 is 1.16. The van der Waals surface area contributed by atoms with Gasteiger partial charge in [0.25, 0.3) is 0 Å². The molecule has 0 bridgehead atoms. The van der Waals surface area contributed by atoms with Crippen molar-refractivity contribution < 1.29 is 0 Å². The largest absolute Gasteiger partial charge is 0.371 e. The van der Waals surface area contributed by atoms with Crippen LogP contribution in [-0.4, -0.2) is 26.2 Å². The minimum Gasteiger partial charge on any atom is -0.371 e. The van der Waals surface area contributed by atoms with Crippen molar-refractivity contribution in [1.29, 1.82) is 0 Å². The van der Waals surface area contributed by atoms with Gasteiger partial charge in [0.05, 0.1) is 0 Å². The van der Waals surface area contributed by atoms with Crippen molar-refractivity contribution >= 4 is 21.6 Å². The summed E-state index contributed by atoms with van der Waals surface area (Å²) >= 11 is 3.50. The van der Waals surface area contributed by atoms with Crippen LogP contribution in [0.2, 0.25) is 0 Å². The Kier molecular flexibility index (Phi) is 3.14. The first-order valence-electron chi connectivity index (χ1n) is 6.49. The molecule has 3 heteroatoms. The van der Waals surface area contributed by atoms with E-state index in [2.05, 4.69) is 50.4 Å². The summed E-state index contributed by atoms with van der Waals surface area (Å²) in [6.45, 7) is 4.88. The Balaban J connectivity index is 1.72. The van der Waals surface area contributed by atoms with Crippen LogP contribution in [-0.2, 0) is 0 Å². The molecular weight excluding hydrogens is 276 g/mol. The number of anilines is 1. The number of hydrogen-bond acceptors (Lipinski definition) is 2. The SMILES string of the molecule is Brc1ccc(N2CCC3(CCNCC3)C2)cc1. The molecule has 1 aromatic rings. The van der Waals surface area contributed by atoms with Crippen LogP contribution in [0.4, 0.5) is 5.69 Å². The van der Waals surface area contributed by atoms with E-state index in [1.54, 1.807) is 0 Å². The monoisotopic (exact) mass is 294 g/mol. The first kappa shape index (κ1) is 11.5. The fraction of sp³-hybridized carbons (Fsp3) is 0.571. The summed E-state index contributed by atoms with van der Waals surface area (Å²) in [5.74, 6) is 0. The predicted molar refractivity (Wildman–Crippen MR) is 75.5 cm³/mol. The highest BCUT2D eigenvalue weighted by Crippen LogP contribution is 2.40. The topological polar surface area (TPSA) is 15.3 Å². The maximum atomic E-state index is 3.50. The van der Waals surface area contributed by atoms with Crippen molar-refractivity contribution in [3.63, 3.8) is 0 Å². The van der Waals surface area contributed by atoms with E-state index < -0.39 is 0 Å². The number of rotatable bonds is 1. The van der Waals surface area contributed by atoms with Crippen LogP contribution < -0.4 is 10.2 Å². The summed E-state index contributed by atoms with van der Waals surface area (Å²) in [6, 6.07) is 8.74. The van der Waals surface area contributed by atoms with Crippen molar-refractivity contribution in [2.45, 2.75) is 19.3 Å². The van der Waals surface area contributed by atoms with Crippen LogP contribution in [0.25, 0.3) is 0 Å². The van der Waals surface area contributed by atoms with Gasteiger partial charge in [0.15, 0.2) is 0 Å². The smallest absolute Gasteiger partial charge is 0.0367 e. The predicted octanol–water partition coefficient (Wildman–Crippen LogP) is 3.03. The molecule has 2 fully saturated rings. The maximum absolute atomic E-state index is 3.50. The molecule has 0 unspecified atom stereocenters. The van der Waals surface area contributed by atoms with Gasteiger partial charge < -0.3 is 10.2 Å². The zero-order chi connectivity index (χ0) is 11.7. The molecule has 3 rings (SSSR count). The molecule has 2 aliphatic heterocycles. The summed E-state index contributed by atoms with van der Waals surface area (Å²) in [5, 5.41) is 3.47. The van der Waals surface area contributed by atoms with Gasteiger partial charge in [-0.15, -0.1) is 0 Å². The van der Waals surface area contributed by atoms with Gasteiger partial charge in [-0.1, -0.05) is 15.9 Å². The normalized spacial score (nSPS) is 23.2. The molecule has 2 aliphatic rings. The molecule has 1 aromatic carbocycles. The minimum absolute atomic E-state index is 0.596. The third-order valence-corrected chi connectivity index (χ3v) is 4.82. The van der Waals surface area contributed by atoms with Gasteiger partial charge in [-0.3, -0.25) is 0 Å². The zero-order valence-electron chi connectivity index (χ0n) is 10.1. The lowest BCUT2D eigenvalue weighted by atomic mass is 9.78. The van der Waals surface area contributed by atoms with E-state index in [4.69, 9.17) is 0 Å². The number of hydrogen-bond donors (Lipinski definition) is 1. The van der Waals surface area contributed by atoms with Crippen LogP contribution >= 0.6 is 15.9 Å². The molecule has 0 aromatic heterocycles. The van der Waals surface area contributed by atoms with Gasteiger partial charge >= 0.3 is 0 Å². The fourth-order valence-electron chi connectivity index (χ4n) is 3.17. The highest BCUT2D eigenvalue weighted by molar-refractivity contribution is 9.10. The number of benzene rings is 1. The molecule has 0 atom stereocenters. The van der Waals surface area contributed by atoms with Gasteiger partial charge in [-0.25, -0.2) is 0 Å². The van der Waals surface area contributed by atoms with Gasteiger partial charge in [0.1, 0.15) is 0 Å². The third kappa shape index (κ3) is 2.36. The molecule has 17 heavy (non-hydrogen) atoms. The van der Waals surface area contributed by atoms with Crippen LogP contribution in [0.5, 0.6) is 0 Å². The molecule has 0 aliphatic carbocycles. The second kappa shape index (κ2) is 4.62. The van der Waals surface area contributed by atoms with Crippen molar-refractivity contribution in [2.24, 2.45) is 5.41 Å². The van der Waals surface area contributed by atoms with E-state index in [0.29, 0.717) is 5.41 Å². The van der Waals surface area contributed by atoms with E-state index in [-0.39, 0.29) is 0 Å². The van der Waals surface area contributed by atoms with E-state index >= 15 is 0 Å². The summed E-state index contributed by atoms with van der Waals surface area (Å²) in [5.41, 5.74) is 1.97. The molecule has 0 saturated carbocycles. The molecule has 2 nitrogen and oxygen atoms in total. The lowest BCUT2D eigenvalue weighted by Gasteiger charge is -2.34. The molecule has 2 heterocycles. The molecule has 92 valence electrons. The summed E-state index contributed by atoms with van der Waals surface area (Å²) in [6.07, 6.45) is 4.06. The second-order valence-corrected chi connectivity index (χ2v) is 6.31. The van der Waals surface area contributed by atoms with Crippen LogP contribution in [0.1, 0.15) is 19.3 Å². The lowest BCUT2D eigenvalue weighted by molar-refractivity contribution is 0.232. The first-order chi connectivity index (χ1) is 8.27. The van der Waals surface area contributed by atoms with Crippen molar-refractivity contribution in [2.75, 3.05) is 31.1 Å². The third-order valence-electron chi connectivity index (χ3n) is 4.29. The maximum Gasteiger partial charge on any atom is 0.0367 e. The number of nitrogens with one attached hydrogen (secondary N) is 1. The fourth-order valence-corrected chi connectivity index (χ4v) is 3.44. The second-order valence-electron chi connectivity index (χ2n) is 5.40. The zero-order valence-corrected chi connectivity index (χ0v) is 11.7. The van der Waals surface area contributed by atoms with Crippen molar-refractivity contribution in [3.05, 3.63) is 28.7 Å².